The quantitative estimate of drug-likeness (QED) is 0.665. The number of carbonyl (C=O) groups excluding carboxylic acids is 1. The maximum absolute atomic E-state index is 11.7. The molecule has 6 heteroatoms. The van der Waals surface area contributed by atoms with Crippen molar-refractivity contribution < 1.29 is 14.3 Å². The number of thiophene rings is 2. The van der Waals surface area contributed by atoms with Crippen LogP contribution >= 0.6 is 22.7 Å². The summed E-state index contributed by atoms with van der Waals surface area (Å²) >= 11 is 3.14. The third kappa shape index (κ3) is 4.19. The van der Waals surface area contributed by atoms with Crippen molar-refractivity contribution in [2.45, 2.75) is 6.10 Å². The molecule has 0 fully saturated rings. The van der Waals surface area contributed by atoms with Crippen LogP contribution in [-0.4, -0.2) is 17.6 Å². The fraction of sp³-hybridized carbons (Fsp3) is 0.118. The maximum Gasteiger partial charge on any atom is 0.244 e. The second-order valence-electron chi connectivity index (χ2n) is 4.82. The van der Waals surface area contributed by atoms with Gasteiger partial charge in [-0.3, -0.25) is 4.79 Å². The van der Waals surface area contributed by atoms with Crippen molar-refractivity contribution in [3.63, 3.8) is 0 Å². The fourth-order valence-electron chi connectivity index (χ4n) is 1.99. The summed E-state index contributed by atoms with van der Waals surface area (Å²) in [6, 6.07) is 9.35. The van der Waals surface area contributed by atoms with Gasteiger partial charge >= 0.3 is 0 Å². The van der Waals surface area contributed by atoms with Gasteiger partial charge in [0.1, 0.15) is 17.6 Å². The Morgan fingerprint density at radius 3 is 2.96 bits per heavy atom. The Labute approximate surface area is 141 Å². The lowest BCUT2D eigenvalue weighted by atomic mass is 10.2. The van der Waals surface area contributed by atoms with Crippen LogP contribution in [0, 0.1) is 0 Å². The zero-order valence-corrected chi connectivity index (χ0v) is 13.8. The molecule has 0 aliphatic heterocycles. The van der Waals surface area contributed by atoms with Crippen LogP contribution < -0.4 is 5.32 Å². The maximum atomic E-state index is 11.7. The second-order valence-corrected chi connectivity index (χ2v) is 6.58. The highest BCUT2D eigenvalue weighted by molar-refractivity contribution is 7.10. The molecule has 0 aromatic carbocycles. The van der Waals surface area contributed by atoms with E-state index in [0.717, 1.165) is 10.4 Å². The van der Waals surface area contributed by atoms with Crippen LogP contribution in [0.15, 0.2) is 57.0 Å². The molecule has 118 valence electrons. The monoisotopic (exact) mass is 345 g/mol. The molecule has 0 aliphatic carbocycles. The van der Waals surface area contributed by atoms with Crippen molar-refractivity contribution in [2.24, 2.45) is 0 Å². The number of aliphatic hydroxyl groups is 1. The summed E-state index contributed by atoms with van der Waals surface area (Å²) in [7, 11) is 0. The minimum absolute atomic E-state index is 0.101. The minimum Gasteiger partial charge on any atom is -0.458 e. The van der Waals surface area contributed by atoms with E-state index in [1.54, 1.807) is 34.8 Å². The lowest BCUT2D eigenvalue weighted by Crippen LogP contribution is -2.26. The molecule has 3 aromatic rings. The van der Waals surface area contributed by atoms with Crippen molar-refractivity contribution in [3.05, 3.63) is 63.2 Å². The van der Waals surface area contributed by atoms with E-state index in [9.17, 15) is 9.90 Å². The Hall–Kier alpha value is -2.15. The average Bonchev–Trinajstić information content (AvgIpc) is 3.31. The summed E-state index contributed by atoms with van der Waals surface area (Å²) in [5.74, 6) is 0.903. The van der Waals surface area contributed by atoms with E-state index in [2.05, 4.69) is 5.32 Å². The van der Waals surface area contributed by atoms with Gasteiger partial charge in [-0.15, -0.1) is 11.3 Å². The lowest BCUT2D eigenvalue weighted by molar-refractivity contribution is -0.116. The van der Waals surface area contributed by atoms with E-state index in [0.29, 0.717) is 11.5 Å². The van der Waals surface area contributed by atoms with Crippen LogP contribution in [0.1, 0.15) is 16.7 Å². The lowest BCUT2D eigenvalue weighted by Gasteiger charge is -2.08. The van der Waals surface area contributed by atoms with Gasteiger partial charge in [0.05, 0.1) is 6.54 Å². The van der Waals surface area contributed by atoms with Crippen molar-refractivity contribution in [2.75, 3.05) is 6.54 Å². The zero-order valence-electron chi connectivity index (χ0n) is 12.1. The number of carbonyl (C=O) groups is 1. The van der Waals surface area contributed by atoms with Gasteiger partial charge in [-0.2, -0.15) is 11.3 Å². The Balaban J connectivity index is 1.53. The summed E-state index contributed by atoms with van der Waals surface area (Å²) in [6.07, 6.45) is 2.33. The predicted molar refractivity (Wildman–Crippen MR) is 93.3 cm³/mol. The van der Waals surface area contributed by atoms with E-state index >= 15 is 0 Å². The van der Waals surface area contributed by atoms with Crippen LogP contribution in [0.4, 0.5) is 0 Å². The number of hydrogen-bond acceptors (Lipinski definition) is 5. The van der Waals surface area contributed by atoms with Crippen molar-refractivity contribution in [3.8, 4) is 11.3 Å². The highest BCUT2D eigenvalue weighted by atomic mass is 32.1. The Morgan fingerprint density at radius 1 is 1.30 bits per heavy atom. The van der Waals surface area contributed by atoms with Crippen molar-refractivity contribution >= 4 is 34.7 Å². The van der Waals surface area contributed by atoms with Gasteiger partial charge in [0, 0.05) is 21.9 Å². The molecule has 1 amide bonds. The van der Waals surface area contributed by atoms with Gasteiger partial charge < -0.3 is 14.8 Å². The Bertz CT molecular complexity index is 773. The largest absolute Gasteiger partial charge is 0.458 e. The molecule has 2 N–H and O–H groups in total. The number of furan rings is 1. The first-order chi connectivity index (χ1) is 11.2. The van der Waals surface area contributed by atoms with Crippen LogP contribution in [0.5, 0.6) is 0 Å². The van der Waals surface area contributed by atoms with Crippen LogP contribution in [0.2, 0.25) is 0 Å². The van der Waals surface area contributed by atoms with Crippen molar-refractivity contribution in [1.29, 1.82) is 0 Å². The summed E-state index contributed by atoms with van der Waals surface area (Å²) in [5.41, 5.74) is 0.983. The minimum atomic E-state index is -0.874. The molecular weight excluding hydrogens is 330 g/mol. The van der Waals surface area contributed by atoms with E-state index in [4.69, 9.17) is 4.42 Å². The predicted octanol–water partition coefficient (Wildman–Crippen LogP) is 3.93. The molecule has 4 nitrogen and oxygen atoms in total. The van der Waals surface area contributed by atoms with E-state index in [-0.39, 0.29) is 12.5 Å². The highest BCUT2D eigenvalue weighted by Crippen LogP contribution is 2.26. The van der Waals surface area contributed by atoms with Gasteiger partial charge in [-0.1, -0.05) is 6.07 Å². The summed E-state index contributed by atoms with van der Waals surface area (Å²) in [4.78, 5) is 12.7. The molecule has 0 aliphatic rings. The van der Waals surface area contributed by atoms with E-state index < -0.39 is 6.10 Å². The van der Waals surface area contributed by atoms with E-state index in [1.807, 2.05) is 40.4 Å². The third-order valence-corrected chi connectivity index (χ3v) is 4.69. The molecule has 0 bridgehead atoms. The number of aliphatic hydroxyl groups excluding tert-OH is 1. The molecule has 0 radical (unpaired) electrons. The average molecular weight is 345 g/mol. The highest BCUT2D eigenvalue weighted by Gasteiger charge is 2.14. The van der Waals surface area contributed by atoms with Crippen LogP contribution in [-0.2, 0) is 4.79 Å². The summed E-state index contributed by atoms with van der Waals surface area (Å²) in [6.45, 7) is 0.101. The number of rotatable bonds is 6. The molecule has 1 atom stereocenters. The first kappa shape index (κ1) is 15.7. The normalized spacial score (nSPS) is 12.6. The van der Waals surface area contributed by atoms with Gasteiger partial charge in [0.15, 0.2) is 0 Å². The van der Waals surface area contributed by atoms with Gasteiger partial charge in [-0.25, -0.2) is 0 Å². The molecule has 0 unspecified atom stereocenters. The molecule has 3 aromatic heterocycles. The Morgan fingerprint density at radius 2 is 2.22 bits per heavy atom. The molecule has 0 saturated heterocycles. The van der Waals surface area contributed by atoms with Crippen LogP contribution in [0.3, 0.4) is 0 Å². The molecule has 0 saturated carbocycles. The molecule has 3 rings (SSSR count). The molecule has 0 spiro atoms. The van der Waals surface area contributed by atoms with Crippen LogP contribution in [0.25, 0.3) is 17.4 Å². The summed E-state index contributed by atoms with van der Waals surface area (Å²) in [5, 5.41) is 18.7. The molecule has 3 heterocycles. The fourth-order valence-corrected chi connectivity index (χ4v) is 3.26. The van der Waals surface area contributed by atoms with Gasteiger partial charge in [-0.05, 0) is 41.1 Å². The smallest absolute Gasteiger partial charge is 0.244 e. The van der Waals surface area contributed by atoms with Gasteiger partial charge in [0.25, 0.3) is 0 Å². The zero-order chi connectivity index (χ0) is 16.1. The molecular formula is C17H15NO3S2. The third-order valence-electron chi connectivity index (χ3n) is 3.17. The number of amides is 1. The first-order valence-electron chi connectivity index (χ1n) is 7.02. The number of hydrogen-bond donors (Lipinski definition) is 2. The second kappa shape index (κ2) is 7.41. The Kier molecular flexibility index (Phi) is 5.07. The summed E-state index contributed by atoms with van der Waals surface area (Å²) < 4.78 is 5.63. The standard InChI is InChI=1S/C17H15NO3S2/c19-14(10-18-17(20)6-3-13-2-1-8-23-13)16-5-4-15(21-16)12-7-9-22-11-12/h1-9,11,14,19H,10H2,(H,18,20)/b6-3+/t14-/m1/s1. The first-order valence-corrected chi connectivity index (χ1v) is 8.84. The van der Waals surface area contributed by atoms with Gasteiger partial charge in [0.2, 0.25) is 5.91 Å². The van der Waals surface area contributed by atoms with Crippen molar-refractivity contribution in [1.82, 2.24) is 5.32 Å². The SMILES string of the molecule is O=C(/C=C/c1cccs1)NC[C@@H](O)c1ccc(-c2ccsc2)o1. The number of nitrogens with one attached hydrogen (secondary N) is 1. The van der Waals surface area contributed by atoms with E-state index in [1.165, 1.54) is 6.08 Å². The molecule has 23 heavy (non-hydrogen) atoms. The topological polar surface area (TPSA) is 62.5 Å².